The minimum atomic E-state index is 0.220. The van der Waals surface area contributed by atoms with Gasteiger partial charge in [0.05, 0.1) is 6.04 Å². The molecule has 0 fully saturated rings. The van der Waals surface area contributed by atoms with Crippen molar-refractivity contribution >= 4 is 5.69 Å². The van der Waals surface area contributed by atoms with Crippen LogP contribution in [0.5, 0.6) is 0 Å². The Labute approximate surface area is 128 Å². The normalized spacial score (nSPS) is 17.5. The first kappa shape index (κ1) is 14.2. The van der Waals surface area contributed by atoms with Crippen LogP contribution in [0.25, 0.3) is 0 Å². The quantitative estimate of drug-likeness (QED) is 0.746. The van der Waals surface area contributed by atoms with E-state index < -0.39 is 0 Å². The third-order valence-electron chi connectivity index (χ3n) is 4.66. The molecule has 2 aromatic carbocycles. The molecule has 0 saturated carbocycles. The molecule has 1 N–H and O–H groups in total. The molecule has 1 aliphatic heterocycles. The molecule has 0 aromatic heterocycles. The highest BCUT2D eigenvalue weighted by atomic mass is 15.0. The zero-order chi connectivity index (χ0) is 15.2. The van der Waals surface area contributed by atoms with E-state index in [-0.39, 0.29) is 5.41 Å². The monoisotopic (exact) mass is 279 g/mol. The van der Waals surface area contributed by atoms with Crippen molar-refractivity contribution in [2.24, 2.45) is 0 Å². The smallest absolute Gasteiger partial charge is 0.0555 e. The Balaban J connectivity index is 1.88. The van der Waals surface area contributed by atoms with Gasteiger partial charge in [0.2, 0.25) is 0 Å². The van der Waals surface area contributed by atoms with Gasteiger partial charge >= 0.3 is 0 Å². The summed E-state index contributed by atoms with van der Waals surface area (Å²) in [5, 5.41) is 3.72. The van der Waals surface area contributed by atoms with E-state index in [0.717, 1.165) is 6.42 Å². The number of aryl methyl sites for hydroxylation is 2. The lowest BCUT2D eigenvalue weighted by atomic mass is 9.86. The number of fused-ring (bicyclic) bond motifs is 1. The molecular formula is C20H25N. The Morgan fingerprint density at radius 3 is 2.10 bits per heavy atom. The van der Waals surface area contributed by atoms with E-state index in [9.17, 15) is 0 Å². The maximum Gasteiger partial charge on any atom is 0.0555 e. The Bertz CT molecular complexity index is 628. The second-order valence-corrected chi connectivity index (χ2v) is 7.33. The summed E-state index contributed by atoms with van der Waals surface area (Å²) in [7, 11) is 0. The summed E-state index contributed by atoms with van der Waals surface area (Å²) in [5.41, 5.74) is 8.59. The van der Waals surface area contributed by atoms with Gasteiger partial charge in [0, 0.05) is 5.69 Å². The van der Waals surface area contributed by atoms with Crippen LogP contribution < -0.4 is 5.32 Å². The first-order valence-corrected chi connectivity index (χ1v) is 7.82. The number of nitrogens with one attached hydrogen (secondary N) is 1. The molecule has 0 amide bonds. The molecule has 1 atom stereocenters. The molecule has 21 heavy (non-hydrogen) atoms. The summed E-state index contributed by atoms with van der Waals surface area (Å²) in [6.45, 7) is 11.2. The molecule has 0 aliphatic carbocycles. The summed E-state index contributed by atoms with van der Waals surface area (Å²) < 4.78 is 0. The summed E-state index contributed by atoms with van der Waals surface area (Å²) in [5.74, 6) is 0. The molecule has 1 heteroatoms. The molecule has 0 radical (unpaired) electrons. The van der Waals surface area contributed by atoms with Crippen LogP contribution in [0.1, 0.15) is 54.6 Å². The molecule has 1 heterocycles. The van der Waals surface area contributed by atoms with Crippen molar-refractivity contribution in [2.75, 3.05) is 5.32 Å². The first-order chi connectivity index (χ1) is 9.86. The number of anilines is 1. The van der Waals surface area contributed by atoms with Gasteiger partial charge in [-0.15, -0.1) is 0 Å². The standard InChI is InChI=1S/C20H25N/c1-13-6-7-14(2)19-17(13)12-18(21-19)15-8-10-16(11-9-15)20(3,4)5/h6-11,18,21H,12H2,1-5H3. The molecule has 0 bridgehead atoms. The fourth-order valence-electron chi connectivity index (χ4n) is 3.18. The molecule has 1 unspecified atom stereocenters. The van der Waals surface area contributed by atoms with Crippen LogP contribution in [-0.4, -0.2) is 0 Å². The summed E-state index contributed by atoms with van der Waals surface area (Å²) in [6, 6.07) is 14.0. The average molecular weight is 279 g/mol. The summed E-state index contributed by atoms with van der Waals surface area (Å²) >= 11 is 0. The van der Waals surface area contributed by atoms with E-state index >= 15 is 0 Å². The van der Waals surface area contributed by atoms with E-state index in [2.05, 4.69) is 76.3 Å². The third kappa shape index (κ3) is 2.57. The number of rotatable bonds is 1. The van der Waals surface area contributed by atoms with Gasteiger partial charge in [-0.1, -0.05) is 57.2 Å². The van der Waals surface area contributed by atoms with Crippen molar-refractivity contribution in [2.45, 2.75) is 52.5 Å². The zero-order valence-corrected chi connectivity index (χ0v) is 13.7. The Hall–Kier alpha value is -1.76. The van der Waals surface area contributed by atoms with Gasteiger partial charge in [0.15, 0.2) is 0 Å². The van der Waals surface area contributed by atoms with Crippen LogP contribution in [0.3, 0.4) is 0 Å². The minimum absolute atomic E-state index is 0.220. The van der Waals surface area contributed by atoms with E-state index in [4.69, 9.17) is 0 Å². The highest BCUT2D eigenvalue weighted by Gasteiger charge is 2.25. The van der Waals surface area contributed by atoms with Crippen LogP contribution in [0.4, 0.5) is 5.69 Å². The van der Waals surface area contributed by atoms with E-state index in [1.807, 2.05) is 0 Å². The Kier molecular flexibility index (Phi) is 3.32. The first-order valence-electron chi connectivity index (χ1n) is 7.82. The number of benzene rings is 2. The van der Waals surface area contributed by atoms with Crippen LogP contribution in [-0.2, 0) is 11.8 Å². The second kappa shape index (κ2) is 4.91. The van der Waals surface area contributed by atoms with Gasteiger partial charge < -0.3 is 5.32 Å². The largest absolute Gasteiger partial charge is 0.377 e. The second-order valence-electron chi connectivity index (χ2n) is 7.33. The highest BCUT2D eigenvalue weighted by Crippen LogP contribution is 2.38. The van der Waals surface area contributed by atoms with Crippen LogP contribution in [0.2, 0.25) is 0 Å². The minimum Gasteiger partial charge on any atom is -0.377 e. The lowest BCUT2D eigenvalue weighted by Gasteiger charge is -2.20. The lowest BCUT2D eigenvalue weighted by molar-refractivity contribution is 0.589. The van der Waals surface area contributed by atoms with E-state index in [1.165, 1.54) is 33.5 Å². The SMILES string of the molecule is Cc1ccc(C)c2c1CC(c1ccc(C(C)(C)C)cc1)N2. The van der Waals surface area contributed by atoms with E-state index in [1.54, 1.807) is 0 Å². The summed E-state index contributed by atoms with van der Waals surface area (Å²) in [4.78, 5) is 0. The molecule has 1 aliphatic rings. The van der Waals surface area contributed by atoms with Gasteiger partial charge in [-0.05, 0) is 53.5 Å². The lowest BCUT2D eigenvalue weighted by Crippen LogP contribution is -2.12. The maximum atomic E-state index is 3.72. The fraction of sp³-hybridized carbons (Fsp3) is 0.400. The predicted molar refractivity (Wildman–Crippen MR) is 91.1 cm³/mol. The fourth-order valence-corrected chi connectivity index (χ4v) is 3.18. The number of hydrogen-bond donors (Lipinski definition) is 1. The molecule has 110 valence electrons. The van der Waals surface area contributed by atoms with Gasteiger partial charge in [0.25, 0.3) is 0 Å². The van der Waals surface area contributed by atoms with Crippen molar-refractivity contribution in [3.05, 3.63) is 64.2 Å². The van der Waals surface area contributed by atoms with Crippen molar-refractivity contribution in [1.29, 1.82) is 0 Å². The highest BCUT2D eigenvalue weighted by molar-refractivity contribution is 5.65. The van der Waals surface area contributed by atoms with Crippen molar-refractivity contribution in [3.63, 3.8) is 0 Å². The van der Waals surface area contributed by atoms with Crippen molar-refractivity contribution < 1.29 is 0 Å². The van der Waals surface area contributed by atoms with Crippen LogP contribution >= 0.6 is 0 Å². The van der Waals surface area contributed by atoms with Crippen molar-refractivity contribution in [1.82, 2.24) is 0 Å². The Morgan fingerprint density at radius 1 is 0.905 bits per heavy atom. The molecule has 2 aromatic rings. The van der Waals surface area contributed by atoms with Crippen molar-refractivity contribution in [3.8, 4) is 0 Å². The molecule has 0 saturated heterocycles. The predicted octanol–water partition coefficient (Wildman–Crippen LogP) is 5.31. The van der Waals surface area contributed by atoms with Gasteiger partial charge in [-0.3, -0.25) is 0 Å². The van der Waals surface area contributed by atoms with Gasteiger partial charge in [0.1, 0.15) is 0 Å². The zero-order valence-electron chi connectivity index (χ0n) is 13.7. The molecular weight excluding hydrogens is 254 g/mol. The third-order valence-corrected chi connectivity index (χ3v) is 4.66. The molecule has 0 spiro atoms. The van der Waals surface area contributed by atoms with Crippen LogP contribution in [0.15, 0.2) is 36.4 Å². The average Bonchev–Trinajstić information content (AvgIpc) is 2.89. The Morgan fingerprint density at radius 2 is 1.52 bits per heavy atom. The maximum absolute atomic E-state index is 3.72. The number of hydrogen-bond acceptors (Lipinski definition) is 1. The van der Waals surface area contributed by atoms with Gasteiger partial charge in [-0.25, -0.2) is 0 Å². The summed E-state index contributed by atoms with van der Waals surface area (Å²) in [6.07, 6.45) is 1.09. The molecule has 1 nitrogen and oxygen atoms in total. The topological polar surface area (TPSA) is 12.0 Å². The molecule has 3 rings (SSSR count). The van der Waals surface area contributed by atoms with Crippen LogP contribution in [0, 0.1) is 13.8 Å². The van der Waals surface area contributed by atoms with E-state index in [0.29, 0.717) is 6.04 Å². The van der Waals surface area contributed by atoms with Gasteiger partial charge in [-0.2, -0.15) is 0 Å².